The zero-order valence-electron chi connectivity index (χ0n) is 17.6. The number of thioether (sulfide) groups is 1. The fourth-order valence-electron chi connectivity index (χ4n) is 4.06. The van der Waals surface area contributed by atoms with Gasteiger partial charge in [0.25, 0.3) is 11.8 Å². The maximum absolute atomic E-state index is 13.3. The second-order valence-electron chi connectivity index (χ2n) is 7.83. The van der Waals surface area contributed by atoms with Crippen LogP contribution in [0.1, 0.15) is 17.3 Å². The van der Waals surface area contributed by atoms with Gasteiger partial charge < -0.3 is 10.4 Å². The Hall–Kier alpha value is -3.85. The predicted octanol–water partition coefficient (Wildman–Crippen LogP) is 2.91. The molecule has 3 heterocycles. The molecule has 2 unspecified atom stereocenters. The first-order chi connectivity index (χ1) is 16.0. The standard InChI is InChI=1S/C24H20N4O4S/c1-14-13-33-23-19(22(30)28(23)20(14)24(31)32)25-21(29)17-12-27(16-10-6-3-7-11-16)26-18(17)15-8-4-2-5-9-15/h2-12,19,23H,13H2,1H3,(H,25,29)(H,31,32). The molecule has 2 aliphatic heterocycles. The van der Waals surface area contributed by atoms with Crippen LogP contribution in [0.3, 0.4) is 0 Å². The van der Waals surface area contributed by atoms with Crippen LogP contribution in [0.25, 0.3) is 16.9 Å². The van der Waals surface area contributed by atoms with Gasteiger partial charge in [0.2, 0.25) is 0 Å². The second-order valence-corrected chi connectivity index (χ2v) is 8.94. The lowest BCUT2D eigenvalue weighted by atomic mass is 10.0. The molecule has 1 saturated heterocycles. The first-order valence-electron chi connectivity index (χ1n) is 10.3. The number of rotatable bonds is 5. The summed E-state index contributed by atoms with van der Waals surface area (Å²) >= 11 is 1.44. The minimum atomic E-state index is -1.13. The maximum Gasteiger partial charge on any atom is 0.352 e. The van der Waals surface area contributed by atoms with E-state index in [4.69, 9.17) is 0 Å². The Morgan fingerprint density at radius 3 is 2.42 bits per heavy atom. The van der Waals surface area contributed by atoms with E-state index < -0.39 is 29.2 Å². The average Bonchev–Trinajstić information content (AvgIpc) is 3.29. The monoisotopic (exact) mass is 460 g/mol. The molecular formula is C24H20N4O4S. The molecule has 1 fully saturated rings. The van der Waals surface area contributed by atoms with Gasteiger partial charge in [0, 0.05) is 17.5 Å². The van der Waals surface area contributed by atoms with E-state index in [1.54, 1.807) is 17.8 Å². The van der Waals surface area contributed by atoms with E-state index >= 15 is 0 Å². The molecule has 0 saturated carbocycles. The van der Waals surface area contributed by atoms with E-state index in [9.17, 15) is 19.5 Å². The van der Waals surface area contributed by atoms with Crippen LogP contribution in [-0.2, 0) is 9.59 Å². The van der Waals surface area contributed by atoms with Gasteiger partial charge in [-0.3, -0.25) is 14.5 Å². The van der Waals surface area contributed by atoms with Crippen molar-refractivity contribution in [3.63, 3.8) is 0 Å². The number of carbonyl (C=O) groups is 3. The van der Waals surface area contributed by atoms with Crippen molar-refractivity contribution in [2.75, 3.05) is 5.75 Å². The highest BCUT2D eigenvalue weighted by molar-refractivity contribution is 8.00. The van der Waals surface area contributed by atoms with Gasteiger partial charge in [0.05, 0.1) is 11.3 Å². The molecule has 2 aliphatic rings. The number of amides is 2. The Kier molecular flexibility index (Phi) is 5.26. The first-order valence-corrected chi connectivity index (χ1v) is 11.4. The lowest BCUT2D eigenvalue weighted by Gasteiger charge is -2.49. The summed E-state index contributed by atoms with van der Waals surface area (Å²) in [4.78, 5) is 39.0. The smallest absolute Gasteiger partial charge is 0.352 e. The number of β-lactam (4-membered cyclic amide) rings is 1. The third-order valence-corrected chi connectivity index (χ3v) is 7.10. The number of nitrogens with one attached hydrogen (secondary N) is 1. The van der Waals surface area contributed by atoms with Gasteiger partial charge in [-0.2, -0.15) is 5.10 Å². The number of hydrogen-bond donors (Lipinski definition) is 2. The minimum absolute atomic E-state index is 0.0103. The molecule has 0 bridgehead atoms. The summed E-state index contributed by atoms with van der Waals surface area (Å²) in [6.45, 7) is 1.70. The van der Waals surface area contributed by atoms with Crippen molar-refractivity contribution in [1.82, 2.24) is 20.0 Å². The van der Waals surface area contributed by atoms with Crippen LogP contribution in [-0.4, -0.2) is 54.7 Å². The number of aliphatic carboxylic acids is 1. The number of carboxylic acids is 1. The summed E-state index contributed by atoms with van der Waals surface area (Å²) in [6.07, 6.45) is 1.65. The molecule has 33 heavy (non-hydrogen) atoms. The average molecular weight is 461 g/mol. The zero-order chi connectivity index (χ0) is 23.1. The highest BCUT2D eigenvalue weighted by atomic mass is 32.2. The van der Waals surface area contributed by atoms with E-state index in [-0.39, 0.29) is 5.70 Å². The van der Waals surface area contributed by atoms with Gasteiger partial charge in [-0.1, -0.05) is 48.5 Å². The van der Waals surface area contributed by atoms with Crippen LogP contribution >= 0.6 is 11.8 Å². The van der Waals surface area contributed by atoms with Crippen molar-refractivity contribution in [2.24, 2.45) is 0 Å². The fraction of sp³-hybridized carbons (Fsp3) is 0.167. The van der Waals surface area contributed by atoms with Crippen molar-refractivity contribution in [3.05, 3.63) is 83.7 Å². The maximum atomic E-state index is 13.3. The molecule has 3 aromatic rings. The van der Waals surface area contributed by atoms with Crippen molar-refractivity contribution in [2.45, 2.75) is 18.3 Å². The van der Waals surface area contributed by atoms with E-state index in [0.29, 0.717) is 22.6 Å². The minimum Gasteiger partial charge on any atom is -0.477 e. The Labute approximate surface area is 193 Å². The van der Waals surface area contributed by atoms with Crippen LogP contribution in [0.4, 0.5) is 0 Å². The zero-order valence-corrected chi connectivity index (χ0v) is 18.5. The summed E-state index contributed by atoms with van der Waals surface area (Å²) in [7, 11) is 0. The van der Waals surface area contributed by atoms with E-state index in [1.165, 1.54) is 16.7 Å². The number of aromatic nitrogens is 2. The van der Waals surface area contributed by atoms with Crippen molar-refractivity contribution >= 4 is 29.5 Å². The SMILES string of the molecule is CC1=C(C(=O)O)N2C(=O)C(NC(=O)c3cn(-c4ccccc4)nc3-c3ccccc3)C2SC1. The Balaban J connectivity index is 1.45. The summed E-state index contributed by atoms with van der Waals surface area (Å²) < 4.78 is 1.64. The van der Waals surface area contributed by atoms with Crippen molar-refractivity contribution in [3.8, 4) is 16.9 Å². The van der Waals surface area contributed by atoms with Gasteiger partial charge in [0.1, 0.15) is 22.8 Å². The third kappa shape index (κ3) is 3.60. The molecule has 2 atom stereocenters. The Morgan fingerprint density at radius 1 is 1.09 bits per heavy atom. The van der Waals surface area contributed by atoms with Gasteiger partial charge in [-0.05, 0) is 24.6 Å². The van der Waals surface area contributed by atoms with Crippen LogP contribution in [0.5, 0.6) is 0 Å². The number of hydrogen-bond acceptors (Lipinski definition) is 5. The molecule has 2 N–H and O–H groups in total. The molecular weight excluding hydrogens is 440 g/mol. The molecule has 0 aliphatic carbocycles. The number of nitrogens with zero attached hydrogens (tertiary/aromatic N) is 3. The molecule has 5 rings (SSSR count). The normalized spacial score (nSPS) is 19.7. The van der Waals surface area contributed by atoms with Gasteiger partial charge in [0.15, 0.2) is 0 Å². The summed E-state index contributed by atoms with van der Waals surface area (Å²) in [5, 5.41) is 16.5. The topological polar surface area (TPSA) is 105 Å². The number of carboxylic acid groups (broad SMARTS) is 1. The fourth-order valence-corrected chi connectivity index (χ4v) is 5.35. The van der Waals surface area contributed by atoms with Crippen molar-refractivity contribution in [1.29, 1.82) is 0 Å². The number of benzene rings is 2. The van der Waals surface area contributed by atoms with E-state index in [2.05, 4.69) is 10.4 Å². The summed E-state index contributed by atoms with van der Waals surface area (Å²) in [6, 6.07) is 18.0. The molecule has 1 aromatic heterocycles. The van der Waals surface area contributed by atoms with Crippen LogP contribution in [0.15, 0.2) is 78.1 Å². The molecule has 2 aromatic carbocycles. The van der Waals surface area contributed by atoms with Crippen LogP contribution < -0.4 is 5.32 Å². The van der Waals surface area contributed by atoms with Gasteiger partial charge in [-0.15, -0.1) is 11.8 Å². The summed E-state index contributed by atoms with van der Waals surface area (Å²) in [5.41, 5.74) is 3.06. The van der Waals surface area contributed by atoms with Crippen molar-refractivity contribution < 1.29 is 19.5 Å². The predicted molar refractivity (Wildman–Crippen MR) is 124 cm³/mol. The Morgan fingerprint density at radius 2 is 1.76 bits per heavy atom. The molecule has 0 radical (unpaired) electrons. The number of para-hydroxylation sites is 1. The molecule has 9 heteroatoms. The lowest BCUT2D eigenvalue weighted by Crippen LogP contribution is -2.70. The van der Waals surface area contributed by atoms with Crippen LogP contribution in [0, 0.1) is 0 Å². The quantitative estimate of drug-likeness (QED) is 0.568. The molecule has 166 valence electrons. The third-order valence-electron chi connectivity index (χ3n) is 5.67. The highest BCUT2D eigenvalue weighted by Crippen LogP contribution is 2.40. The Bertz CT molecular complexity index is 1290. The van der Waals surface area contributed by atoms with Gasteiger partial charge >= 0.3 is 5.97 Å². The number of fused-ring (bicyclic) bond motifs is 1. The van der Waals surface area contributed by atoms with E-state index in [1.807, 2.05) is 60.7 Å². The summed E-state index contributed by atoms with van der Waals surface area (Å²) in [5.74, 6) is -1.50. The first kappa shape index (κ1) is 21.0. The van der Waals surface area contributed by atoms with Gasteiger partial charge in [-0.25, -0.2) is 9.48 Å². The number of carbonyl (C=O) groups excluding carboxylic acids is 2. The second kappa shape index (κ2) is 8.25. The highest BCUT2D eigenvalue weighted by Gasteiger charge is 2.53. The molecule has 2 amide bonds. The van der Waals surface area contributed by atoms with E-state index in [0.717, 1.165) is 11.3 Å². The largest absolute Gasteiger partial charge is 0.477 e. The van der Waals surface area contributed by atoms with Crippen LogP contribution in [0.2, 0.25) is 0 Å². The molecule has 8 nitrogen and oxygen atoms in total. The molecule has 0 spiro atoms. The lowest BCUT2D eigenvalue weighted by molar-refractivity contribution is -0.148.